The van der Waals surface area contributed by atoms with Crippen molar-refractivity contribution in [3.8, 4) is 0 Å². The number of nitrogens with two attached hydrogens (primary N) is 1. The first kappa shape index (κ1) is 12.5. The maximum Gasteiger partial charge on any atom is 0.0483 e. The van der Waals surface area contributed by atoms with Gasteiger partial charge in [-0.1, -0.05) is 18.6 Å². The molecule has 2 heteroatoms. The van der Waals surface area contributed by atoms with Gasteiger partial charge in [0, 0.05) is 18.3 Å². The number of aromatic nitrogens is 1. The lowest BCUT2D eigenvalue weighted by Crippen LogP contribution is -2.16. The van der Waals surface area contributed by atoms with E-state index in [1.54, 1.807) is 0 Å². The van der Waals surface area contributed by atoms with Gasteiger partial charge < -0.3 is 10.3 Å². The van der Waals surface area contributed by atoms with Crippen LogP contribution in [0.15, 0.2) is 30.5 Å². The quantitative estimate of drug-likeness (QED) is 0.902. The molecule has 1 aromatic carbocycles. The van der Waals surface area contributed by atoms with E-state index in [0.717, 1.165) is 30.7 Å². The van der Waals surface area contributed by atoms with Gasteiger partial charge in [0.2, 0.25) is 0 Å². The van der Waals surface area contributed by atoms with Crippen LogP contribution in [0.4, 0.5) is 0 Å². The fourth-order valence-electron chi connectivity index (χ4n) is 4.56. The minimum absolute atomic E-state index is 0.735. The normalized spacial score (nSPS) is 28.6. The van der Waals surface area contributed by atoms with E-state index < -0.39 is 0 Å². The third-order valence-electron chi connectivity index (χ3n) is 5.59. The summed E-state index contributed by atoms with van der Waals surface area (Å²) >= 11 is 0. The van der Waals surface area contributed by atoms with Crippen LogP contribution in [0, 0.1) is 17.8 Å². The van der Waals surface area contributed by atoms with Crippen LogP contribution in [0.2, 0.25) is 0 Å². The monoisotopic (exact) mass is 268 g/mol. The van der Waals surface area contributed by atoms with Crippen LogP contribution in [0.25, 0.3) is 10.9 Å². The van der Waals surface area contributed by atoms with Gasteiger partial charge in [-0.2, -0.15) is 0 Å². The molecule has 2 bridgehead atoms. The van der Waals surface area contributed by atoms with Crippen LogP contribution >= 0.6 is 0 Å². The predicted molar refractivity (Wildman–Crippen MR) is 83.6 cm³/mol. The lowest BCUT2D eigenvalue weighted by molar-refractivity contribution is 0.299. The predicted octanol–water partition coefficient (Wildman–Crippen LogP) is 3.58. The molecule has 0 spiro atoms. The zero-order valence-electron chi connectivity index (χ0n) is 12.1. The highest BCUT2D eigenvalue weighted by Crippen LogP contribution is 2.49. The lowest BCUT2D eigenvalue weighted by atomic mass is 9.89. The van der Waals surface area contributed by atoms with Crippen LogP contribution in [0.3, 0.4) is 0 Å². The Hall–Kier alpha value is -1.28. The molecule has 0 amide bonds. The number of benzene rings is 1. The molecule has 2 aliphatic carbocycles. The Bertz CT molecular complexity index is 613. The van der Waals surface area contributed by atoms with Gasteiger partial charge in [-0.05, 0) is 73.1 Å². The largest absolute Gasteiger partial charge is 0.347 e. The lowest BCUT2D eigenvalue weighted by Gasteiger charge is -2.22. The molecule has 0 aliphatic heterocycles. The van der Waals surface area contributed by atoms with Crippen molar-refractivity contribution < 1.29 is 0 Å². The van der Waals surface area contributed by atoms with E-state index in [-0.39, 0.29) is 0 Å². The van der Waals surface area contributed by atoms with Gasteiger partial charge in [0.1, 0.15) is 0 Å². The fourth-order valence-corrected chi connectivity index (χ4v) is 4.56. The molecule has 2 aromatic rings. The van der Waals surface area contributed by atoms with Crippen LogP contribution in [-0.2, 0) is 13.0 Å². The van der Waals surface area contributed by atoms with Gasteiger partial charge in [0.15, 0.2) is 0 Å². The molecule has 2 nitrogen and oxygen atoms in total. The van der Waals surface area contributed by atoms with Gasteiger partial charge in [-0.25, -0.2) is 0 Å². The first-order valence-electron chi connectivity index (χ1n) is 8.11. The Balaban J connectivity index is 1.60. The van der Waals surface area contributed by atoms with Crippen LogP contribution < -0.4 is 5.73 Å². The maximum absolute atomic E-state index is 5.68. The maximum atomic E-state index is 5.68. The third-order valence-corrected chi connectivity index (χ3v) is 5.59. The minimum Gasteiger partial charge on any atom is -0.347 e. The number of fused-ring (bicyclic) bond motifs is 3. The number of hydrogen-bond donors (Lipinski definition) is 1. The molecule has 106 valence electrons. The highest BCUT2D eigenvalue weighted by atomic mass is 15.0. The van der Waals surface area contributed by atoms with E-state index in [1.165, 1.54) is 48.7 Å². The molecule has 2 N–H and O–H groups in total. The molecule has 3 atom stereocenters. The van der Waals surface area contributed by atoms with Crippen molar-refractivity contribution in [2.24, 2.45) is 23.5 Å². The van der Waals surface area contributed by atoms with Gasteiger partial charge in [-0.15, -0.1) is 0 Å². The average Bonchev–Trinajstić information content (AvgIpc) is 3.15. The Labute approximate surface area is 121 Å². The van der Waals surface area contributed by atoms with Crippen LogP contribution in [0.5, 0.6) is 0 Å². The van der Waals surface area contributed by atoms with Gasteiger partial charge in [0.25, 0.3) is 0 Å². The summed E-state index contributed by atoms with van der Waals surface area (Å²) in [5.74, 6) is 2.96. The molecule has 20 heavy (non-hydrogen) atoms. The second-order valence-corrected chi connectivity index (χ2v) is 6.83. The Morgan fingerprint density at radius 3 is 2.85 bits per heavy atom. The highest BCUT2D eigenvalue weighted by molar-refractivity contribution is 5.80. The van der Waals surface area contributed by atoms with Crippen LogP contribution in [0.1, 0.15) is 31.2 Å². The second-order valence-electron chi connectivity index (χ2n) is 6.83. The van der Waals surface area contributed by atoms with Gasteiger partial charge >= 0.3 is 0 Å². The molecule has 3 unspecified atom stereocenters. The summed E-state index contributed by atoms with van der Waals surface area (Å²) in [5.41, 5.74) is 8.45. The molecule has 0 radical (unpaired) electrons. The van der Waals surface area contributed by atoms with E-state index in [2.05, 4.69) is 35.0 Å². The molecule has 2 saturated carbocycles. The molecule has 4 rings (SSSR count). The fraction of sp³-hybridized carbons (Fsp3) is 0.556. The van der Waals surface area contributed by atoms with E-state index in [1.807, 2.05) is 0 Å². The summed E-state index contributed by atoms with van der Waals surface area (Å²) in [4.78, 5) is 0. The van der Waals surface area contributed by atoms with Crippen molar-refractivity contribution in [2.75, 3.05) is 6.54 Å². The van der Waals surface area contributed by atoms with Gasteiger partial charge in [-0.3, -0.25) is 0 Å². The van der Waals surface area contributed by atoms with Crippen molar-refractivity contribution in [1.82, 2.24) is 4.57 Å². The summed E-state index contributed by atoms with van der Waals surface area (Å²) in [6.07, 6.45) is 9.20. The Morgan fingerprint density at radius 1 is 1.15 bits per heavy atom. The first-order valence-corrected chi connectivity index (χ1v) is 8.11. The van der Waals surface area contributed by atoms with Crippen molar-refractivity contribution in [2.45, 2.75) is 38.6 Å². The first-order chi connectivity index (χ1) is 9.83. The topological polar surface area (TPSA) is 30.9 Å². The summed E-state index contributed by atoms with van der Waals surface area (Å²) in [5, 5.41) is 1.37. The molecule has 1 aromatic heterocycles. The zero-order valence-corrected chi connectivity index (χ0v) is 12.1. The smallest absolute Gasteiger partial charge is 0.0483 e. The minimum atomic E-state index is 0.735. The highest BCUT2D eigenvalue weighted by Gasteiger charge is 2.39. The van der Waals surface area contributed by atoms with Crippen molar-refractivity contribution in [1.29, 1.82) is 0 Å². The van der Waals surface area contributed by atoms with E-state index in [9.17, 15) is 0 Å². The Kier molecular flexibility index (Phi) is 3.07. The van der Waals surface area contributed by atoms with E-state index in [0.29, 0.717) is 0 Å². The van der Waals surface area contributed by atoms with Crippen molar-refractivity contribution in [3.05, 3.63) is 36.0 Å². The summed E-state index contributed by atoms with van der Waals surface area (Å²) in [7, 11) is 0. The summed E-state index contributed by atoms with van der Waals surface area (Å²) in [6.45, 7) is 1.95. The average molecular weight is 268 g/mol. The molecular weight excluding hydrogens is 244 g/mol. The number of hydrogen-bond acceptors (Lipinski definition) is 1. The van der Waals surface area contributed by atoms with Crippen molar-refractivity contribution in [3.63, 3.8) is 0 Å². The second kappa shape index (κ2) is 4.92. The standard InChI is InChI=1S/C18H24N2/c19-7-5-13-1-3-15-6-8-20(18(15)11-13)12-17-10-14-2-4-16(17)9-14/h1,3,6,8,11,14,16-17H,2,4-5,7,9-10,12,19H2. The number of rotatable bonds is 4. The molecule has 1 heterocycles. The third kappa shape index (κ3) is 2.07. The van der Waals surface area contributed by atoms with Crippen molar-refractivity contribution >= 4 is 10.9 Å². The molecule has 2 fully saturated rings. The Morgan fingerprint density at radius 2 is 2.10 bits per heavy atom. The SMILES string of the molecule is NCCc1ccc2ccn(CC3CC4CCC3C4)c2c1. The number of nitrogens with zero attached hydrogens (tertiary/aromatic N) is 1. The summed E-state index contributed by atoms with van der Waals surface area (Å²) < 4.78 is 2.49. The van der Waals surface area contributed by atoms with E-state index in [4.69, 9.17) is 5.73 Å². The van der Waals surface area contributed by atoms with E-state index >= 15 is 0 Å². The van der Waals surface area contributed by atoms with Gasteiger partial charge in [0.05, 0.1) is 0 Å². The summed E-state index contributed by atoms with van der Waals surface area (Å²) in [6, 6.07) is 9.07. The zero-order chi connectivity index (χ0) is 13.5. The molecule has 0 saturated heterocycles. The molecular formula is C18H24N2. The van der Waals surface area contributed by atoms with Crippen LogP contribution in [-0.4, -0.2) is 11.1 Å². The molecule has 2 aliphatic rings.